The van der Waals surface area contributed by atoms with Gasteiger partial charge in [-0.1, -0.05) is 0 Å². The van der Waals surface area contributed by atoms with E-state index in [0.29, 0.717) is 6.42 Å². The van der Waals surface area contributed by atoms with Gasteiger partial charge in [-0.3, -0.25) is 4.84 Å². The first kappa shape index (κ1) is 15.6. The number of carbonyl (C=O) groups is 2. The zero-order valence-electron chi connectivity index (χ0n) is 9.23. The molecule has 0 spiro atoms. The van der Waals surface area contributed by atoms with Gasteiger partial charge in [-0.15, -0.1) is 0 Å². The second-order valence-corrected chi connectivity index (χ2v) is 4.89. The first-order chi connectivity index (χ1) is 7.81. The van der Waals surface area contributed by atoms with Crippen LogP contribution in [0.25, 0.3) is 0 Å². The van der Waals surface area contributed by atoms with Crippen molar-refractivity contribution in [3.05, 3.63) is 0 Å². The number of sulfonamides is 1. The summed E-state index contributed by atoms with van der Waals surface area (Å²) < 4.78 is 23.5. The summed E-state index contributed by atoms with van der Waals surface area (Å²) in [5.74, 6) is -1.21. The van der Waals surface area contributed by atoms with Crippen LogP contribution in [0.5, 0.6) is 0 Å². The average molecular weight is 269 g/mol. The molecule has 0 saturated carbocycles. The van der Waals surface area contributed by atoms with E-state index in [2.05, 4.69) is 14.9 Å². The van der Waals surface area contributed by atoms with E-state index in [0.717, 1.165) is 6.26 Å². The molecule has 0 aromatic rings. The molecular weight excluding hydrogens is 254 g/mol. The lowest BCUT2D eigenvalue weighted by molar-refractivity contribution is -0.144. The number of hydrogen-bond acceptors (Lipinski definition) is 5. The quantitative estimate of drug-likeness (QED) is 0.305. The Morgan fingerprint density at radius 2 is 1.94 bits per heavy atom. The smallest absolute Gasteiger partial charge is 0.338 e. The van der Waals surface area contributed by atoms with Gasteiger partial charge in [0, 0.05) is 13.1 Å². The van der Waals surface area contributed by atoms with E-state index >= 15 is 0 Å². The van der Waals surface area contributed by atoms with Crippen molar-refractivity contribution in [2.45, 2.75) is 6.42 Å². The second kappa shape index (κ2) is 7.81. The fourth-order valence-corrected chi connectivity index (χ4v) is 1.26. The minimum absolute atomic E-state index is 0.203. The lowest BCUT2D eigenvalue weighted by atomic mass is 10.4. The van der Waals surface area contributed by atoms with Gasteiger partial charge in [0.25, 0.3) is 0 Å². The number of carboxylic acids is 1. The predicted molar refractivity (Wildman–Crippen MR) is 57.6 cm³/mol. The van der Waals surface area contributed by atoms with Gasteiger partial charge in [0.05, 0.1) is 6.26 Å². The molecule has 0 aromatic carbocycles. The molecule has 0 aliphatic carbocycles. The highest BCUT2D eigenvalue weighted by molar-refractivity contribution is 7.88. The third kappa shape index (κ3) is 12.5. The monoisotopic (exact) mass is 269 g/mol. The number of aliphatic carboxylic acids is 1. The number of hydrogen-bond donors (Lipinski definition) is 4. The fourth-order valence-electron chi connectivity index (χ4n) is 0.747. The molecule has 0 heterocycles. The van der Waals surface area contributed by atoms with Crippen molar-refractivity contribution in [3.63, 3.8) is 0 Å². The number of nitrogens with one attached hydrogen (secondary N) is 3. The maximum absolute atomic E-state index is 10.9. The molecule has 100 valence electrons. The number of hydroxylamine groups is 1. The van der Waals surface area contributed by atoms with E-state index in [1.54, 1.807) is 0 Å². The van der Waals surface area contributed by atoms with E-state index in [1.807, 2.05) is 5.48 Å². The van der Waals surface area contributed by atoms with Gasteiger partial charge in [0.1, 0.15) is 0 Å². The third-order valence-electron chi connectivity index (χ3n) is 1.36. The summed E-state index contributed by atoms with van der Waals surface area (Å²) >= 11 is 0. The lowest BCUT2D eigenvalue weighted by Crippen LogP contribution is -2.38. The Bertz CT molecular complexity index is 355. The van der Waals surface area contributed by atoms with E-state index in [9.17, 15) is 18.0 Å². The molecule has 4 N–H and O–H groups in total. The average Bonchev–Trinajstić information content (AvgIpc) is 2.14. The topological polar surface area (TPSA) is 134 Å². The standard InChI is InChI=1S/C7H15N3O6S/c1-17(14,15)9-4-2-3-8-7(13)10-16-5-6(11)12/h9H,2-5H2,1H3,(H,11,12)(H2,8,10,13). The van der Waals surface area contributed by atoms with Crippen molar-refractivity contribution in [1.29, 1.82) is 0 Å². The van der Waals surface area contributed by atoms with Crippen LogP contribution in [0, 0.1) is 0 Å². The highest BCUT2D eigenvalue weighted by Crippen LogP contribution is 1.78. The van der Waals surface area contributed by atoms with Crippen LogP contribution in [0.3, 0.4) is 0 Å². The van der Waals surface area contributed by atoms with E-state index < -0.39 is 28.6 Å². The Morgan fingerprint density at radius 3 is 2.47 bits per heavy atom. The third-order valence-corrected chi connectivity index (χ3v) is 2.09. The zero-order valence-corrected chi connectivity index (χ0v) is 10.0. The van der Waals surface area contributed by atoms with Crippen molar-refractivity contribution in [2.75, 3.05) is 26.0 Å². The molecule has 0 rings (SSSR count). The molecule has 10 heteroatoms. The minimum atomic E-state index is -3.22. The summed E-state index contributed by atoms with van der Waals surface area (Å²) in [5, 5.41) is 10.5. The van der Waals surface area contributed by atoms with E-state index in [1.165, 1.54) is 0 Å². The second-order valence-electron chi connectivity index (χ2n) is 3.06. The molecule has 0 aliphatic rings. The lowest BCUT2D eigenvalue weighted by Gasteiger charge is -2.06. The Kier molecular flexibility index (Phi) is 7.18. The summed E-state index contributed by atoms with van der Waals surface area (Å²) in [6.45, 7) is -0.205. The van der Waals surface area contributed by atoms with Gasteiger partial charge < -0.3 is 10.4 Å². The molecule has 0 fully saturated rings. The Hall–Kier alpha value is -1.39. The molecule has 0 bridgehead atoms. The molecule has 9 nitrogen and oxygen atoms in total. The van der Waals surface area contributed by atoms with Gasteiger partial charge in [-0.25, -0.2) is 28.2 Å². The first-order valence-corrected chi connectivity index (χ1v) is 6.52. The van der Waals surface area contributed by atoms with Gasteiger partial charge in [-0.05, 0) is 6.42 Å². The van der Waals surface area contributed by atoms with Crippen LogP contribution < -0.4 is 15.5 Å². The predicted octanol–water partition coefficient (Wildman–Crippen LogP) is -1.76. The Labute approximate surface area is 98.5 Å². The normalized spacial score (nSPS) is 10.9. The summed E-state index contributed by atoms with van der Waals surface area (Å²) in [4.78, 5) is 25.2. The molecule has 0 unspecified atom stereocenters. The van der Waals surface area contributed by atoms with E-state index in [-0.39, 0.29) is 13.1 Å². The van der Waals surface area contributed by atoms with Crippen LogP contribution in [0.2, 0.25) is 0 Å². The summed E-state index contributed by atoms with van der Waals surface area (Å²) in [6, 6.07) is -0.689. The summed E-state index contributed by atoms with van der Waals surface area (Å²) in [7, 11) is -3.22. The largest absolute Gasteiger partial charge is 0.479 e. The summed E-state index contributed by atoms with van der Waals surface area (Å²) in [5.41, 5.74) is 1.85. The Morgan fingerprint density at radius 1 is 1.29 bits per heavy atom. The molecule has 2 amide bonds. The molecule has 17 heavy (non-hydrogen) atoms. The first-order valence-electron chi connectivity index (χ1n) is 4.63. The van der Waals surface area contributed by atoms with E-state index in [4.69, 9.17) is 5.11 Å². The number of amides is 2. The minimum Gasteiger partial charge on any atom is -0.479 e. The SMILES string of the molecule is CS(=O)(=O)NCCCNC(=O)NOCC(=O)O. The van der Waals surface area contributed by atoms with Crippen LogP contribution in [0.15, 0.2) is 0 Å². The van der Waals surface area contributed by atoms with Crippen molar-refractivity contribution >= 4 is 22.0 Å². The van der Waals surface area contributed by atoms with Crippen molar-refractivity contribution in [2.24, 2.45) is 0 Å². The molecule has 0 radical (unpaired) electrons. The highest BCUT2D eigenvalue weighted by atomic mass is 32.2. The fraction of sp³-hybridized carbons (Fsp3) is 0.714. The van der Waals surface area contributed by atoms with Crippen LogP contribution >= 0.6 is 0 Å². The van der Waals surface area contributed by atoms with Crippen molar-refractivity contribution < 1.29 is 28.0 Å². The molecule has 0 atom stereocenters. The van der Waals surface area contributed by atoms with Gasteiger partial charge in [-0.2, -0.15) is 0 Å². The maximum atomic E-state index is 10.9. The molecule has 0 aliphatic heterocycles. The number of urea groups is 1. The van der Waals surface area contributed by atoms with Gasteiger partial charge >= 0.3 is 12.0 Å². The van der Waals surface area contributed by atoms with Crippen LogP contribution in [0.4, 0.5) is 4.79 Å². The van der Waals surface area contributed by atoms with Crippen LogP contribution in [-0.2, 0) is 19.7 Å². The van der Waals surface area contributed by atoms with Crippen LogP contribution in [0.1, 0.15) is 6.42 Å². The van der Waals surface area contributed by atoms with Crippen molar-refractivity contribution in [3.8, 4) is 0 Å². The molecule has 0 aromatic heterocycles. The maximum Gasteiger partial charge on any atom is 0.338 e. The Balaban J connectivity index is 3.43. The molecule has 0 saturated heterocycles. The highest BCUT2D eigenvalue weighted by Gasteiger charge is 2.02. The van der Waals surface area contributed by atoms with Gasteiger partial charge in [0.15, 0.2) is 6.61 Å². The molecular formula is C7H15N3O6S. The van der Waals surface area contributed by atoms with Crippen molar-refractivity contribution in [1.82, 2.24) is 15.5 Å². The number of rotatable bonds is 8. The zero-order chi connectivity index (χ0) is 13.3. The summed E-state index contributed by atoms with van der Waals surface area (Å²) in [6.07, 6.45) is 1.44. The number of carbonyl (C=O) groups excluding carboxylic acids is 1. The number of carboxylic acid groups (broad SMARTS) is 1. The van der Waals surface area contributed by atoms with Crippen LogP contribution in [-0.4, -0.2) is 51.5 Å². The van der Waals surface area contributed by atoms with Gasteiger partial charge in [0.2, 0.25) is 10.0 Å².